The lowest BCUT2D eigenvalue weighted by atomic mass is 9.99. The van der Waals surface area contributed by atoms with Gasteiger partial charge in [0.1, 0.15) is 5.82 Å². The summed E-state index contributed by atoms with van der Waals surface area (Å²) in [4.78, 5) is 0. The third-order valence-electron chi connectivity index (χ3n) is 3.22. The summed E-state index contributed by atoms with van der Waals surface area (Å²) >= 11 is 5.66. The summed E-state index contributed by atoms with van der Waals surface area (Å²) in [6, 6.07) is 2.82. The van der Waals surface area contributed by atoms with Crippen LogP contribution in [0.25, 0.3) is 0 Å². The summed E-state index contributed by atoms with van der Waals surface area (Å²) < 4.78 is 13.3. The van der Waals surface area contributed by atoms with Gasteiger partial charge in [0.05, 0.1) is 16.4 Å². The second kappa shape index (κ2) is 7.47. The molecule has 1 aromatic carbocycles. The van der Waals surface area contributed by atoms with Gasteiger partial charge in [-0.1, -0.05) is 44.7 Å². The van der Waals surface area contributed by atoms with Gasteiger partial charge in [0.25, 0.3) is 0 Å². The minimum absolute atomic E-state index is 0.0658. The smallest absolute Gasteiger partial charge is 0.143 e. The van der Waals surface area contributed by atoms with Crippen LogP contribution in [0.2, 0.25) is 5.02 Å². The van der Waals surface area contributed by atoms with Crippen LogP contribution in [0.1, 0.15) is 39.5 Å². The SMILES string of the molecule is CCCCC(CC)CNc1cc(F)c(Cl)cc1N. The number of nitrogen functional groups attached to an aromatic ring is 1. The number of nitrogens with one attached hydrogen (secondary N) is 1. The van der Waals surface area contributed by atoms with E-state index < -0.39 is 5.82 Å². The number of hydrogen-bond donors (Lipinski definition) is 2. The van der Waals surface area contributed by atoms with Crippen molar-refractivity contribution in [1.82, 2.24) is 0 Å². The first-order chi connectivity index (χ1) is 8.58. The number of anilines is 2. The fraction of sp³-hybridized carbons (Fsp3) is 0.571. The van der Waals surface area contributed by atoms with Crippen molar-refractivity contribution >= 4 is 23.0 Å². The Morgan fingerprint density at radius 3 is 2.72 bits per heavy atom. The maximum atomic E-state index is 13.3. The topological polar surface area (TPSA) is 38.0 Å². The molecule has 0 aliphatic rings. The lowest BCUT2D eigenvalue weighted by molar-refractivity contribution is 0.473. The number of nitrogens with two attached hydrogens (primary N) is 1. The molecule has 1 rings (SSSR count). The average Bonchev–Trinajstić information content (AvgIpc) is 2.35. The Morgan fingerprint density at radius 1 is 1.39 bits per heavy atom. The van der Waals surface area contributed by atoms with Crippen molar-refractivity contribution in [1.29, 1.82) is 0 Å². The molecule has 0 aliphatic heterocycles. The van der Waals surface area contributed by atoms with Gasteiger partial charge in [0.2, 0.25) is 0 Å². The number of halogens is 2. The van der Waals surface area contributed by atoms with Crippen LogP contribution in [-0.4, -0.2) is 6.54 Å². The minimum atomic E-state index is -0.435. The molecular formula is C14H22ClFN2. The molecule has 0 amide bonds. The average molecular weight is 273 g/mol. The summed E-state index contributed by atoms with van der Waals surface area (Å²) in [5, 5.41) is 3.28. The summed E-state index contributed by atoms with van der Waals surface area (Å²) in [5.41, 5.74) is 6.93. The Labute approximate surface area is 114 Å². The summed E-state index contributed by atoms with van der Waals surface area (Å²) in [6.45, 7) is 5.18. The Bertz CT molecular complexity index is 382. The van der Waals surface area contributed by atoms with Gasteiger partial charge in [-0.15, -0.1) is 0 Å². The van der Waals surface area contributed by atoms with Gasteiger partial charge in [0.15, 0.2) is 0 Å². The van der Waals surface area contributed by atoms with Crippen LogP contribution in [0.3, 0.4) is 0 Å². The molecule has 0 aliphatic carbocycles. The molecule has 0 aromatic heterocycles. The van der Waals surface area contributed by atoms with Crippen molar-refractivity contribution in [2.24, 2.45) is 5.92 Å². The van der Waals surface area contributed by atoms with Gasteiger partial charge in [-0.3, -0.25) is 0 Å². The van der Waals surface area contributed by atoms with Crippen LogP contribution in [0.15, 0.2) is 12.1 Å². The molecule has 102 valence electrons. The fourth-order valence-electron chi connectivity index (χ4n) is 1.91. The van der Waals surface area contributed by atoms with Gasteiger partial charge in [-0.05, 0) is 18.4 Å². The van der Waals surface area contributed by atoms with Crippen LogP contribution in [0, 0.1) is 11.7 Å². The minimum Gasteiger partial charge on any atom is -0.397 e. The highest BCUT2D eigenvalue weighted by atomic mass is 35.5. The lowest BCUT2D eigenvalue weighted by Gasteiger charge is -2.17. The number of unbranched alkanes of at least 4 members (excludes halogenated alkanes) is 1. The largest absolute Gasteiger partial charge is 0.397 e. The molecule has 1 unspecified atom stereocenters. The zero-order valence-corrected chi connectivity index (χ0v) is 11.9. The van der Waals surface area contributed by atoms with Crippen molar-refractivity contribution in [3.63, 3.8) is 0 Å². The van der Waals surface area contributed by atoms with Crippen molar-refractivity contribution in [2.45, 2.75) is 39.5 Å². The molecule has 3 N–H and O–H groups in total. The third kappa shape index (κ3) is 4.37. The highest BCUT2D eigenvalue weighted by Gasteiger charge is 2.09. The summed E-state index contributed by atoms with van der Waals surface area (Å²) in [5.74, 6) is 0.165. The molecule has 1 aromatic rings. The second-order valence-corrected chi connectivity index (χ2v) is 5.06. The van der Waals surface area contributed by atoms with E-state index in [1.165, 1.54) is 31.4 Å². The molecule has 4 heteroatoms. The Balaban J connectivity index is 2.59. The Morgan fingerprint density at radius 2 is 2.11 bits per heavy atom. The van der Waals surface area contributed by atoms with Crippen molar-refractivity contribution < 1.29 is 4.39 Å². The predicted molar refractivity (Wildman–Crippen MR) is 77.6 cm³/mol. The quantitative estimate of drug-likeness (QED) is 0.707. The van der Waals surface area contributed by atoms with Crippen molar-refractivity contribution in [3.8, 4) is 0 Å². The third-order valence-corrected chi connectivity index (χ3v) is 3.51. The normalized spacial score (nSPS) is 12.4. The second-order valence-electron chi connectivity index (χ2n) is 4.65. The molecule has 0 spiro atoms. The van der Waals surface area contributed by atoms with Crippen molar-refractivity contribution in [2.75, 3.05) is 17.6 Å². The Hall–Kier alpha value is -0.960. The molecular weight excluding hydrogens is 251 g/mol. The highest BCUT2D eigenvalue weighted by molar-refractivity contribution is 6.31. The molecule has 1 atom stereocenters. The van der Waals surface area contributed by atoms with E-state index in [-0.39, 0.29) is 5.02 Å². The van der Waals surface area contributed by atoms with Crippen LogP contribution in [0.5, 0.6) is 0 Å². The summed E-state index contributed by atoms with van der Waals surface area (Å²) in [7, 11) is 0. The van der Waals surface area contributed by atoms with Crippen LogP contribution < -0.4 is 11.1 Å². The lowest BCUT2D eigenvalue weighted by Crippen LogP contribution is -2.14. The highest BCUT2D eigenvalue weighted by Crippen LogP contribution is 2.26. The van der Waals surface area contributed by atoms with E-state index in [9.17, 15) is 4.39 Å². The Kier molecular flexibility index (Phi) is 6.27. The van der Waals surface area contributed by atoms with Gasteiger partial charge in [-0.25, -0.2) is 4.39 Å². The molecule has 0 heterocycles. The van der Waals surface area contributed by atoms with Crippen molar-refractivity contribution in [3.05, 3.63) is 23.0 Å². The van der Waals surface area contributed by atoms with E-state index in [4.69, 9.17) is 17.3 Å². The van der Waals surface area contributed by atoms with Crippen LogP contribution >= 0.6 is 11.6 Å². The maximum absolute atomic E-state index is 13.3. The number of rotatable bonds is 7. The van der Waals surface area contributed by atoms with Gasteiger partial charge >= 0.3 is 0 Å². The molecule has 2 nitrogen and oxygen atoms in total. The standard InChI is InChI=1S/C14H22ClFN2/c1-3-5-6-10(4-2)9-18-14-8-12(16)11(15)7-13(14)17/h7-8,10,18H,3-6,9,17H2,1-2H3. The van der Waals surface area contributed by atoms with Gasteiger partial charge in [-0.2, -0.15) is 0 Å². The van der Waals surface area contributed by atoms with Crippen LogP contribution in [-0.2, 0) is 0 Å². The number of hydrogen-bond acceptors (Lipinski definition) is 2. The van der Waals surface area contributed by atoms with E-state index in [1.54, 1.807) is 0 Å². The monoisotopic (exact) mass is 272 g/mol. The number of benzene rings is 1. The first-order valence-electron chi connectivity index (χ1n) is 6.56. The molecule has 18 heavy (non-hydrogen) atoms. The van der Waals surface area contributed by atoms with E-state index in [0.717, 1.165) is 13.0 Å². The maximum Gasteiger partial charge on any atom is 0.143 e. The van der Waals surface area contributed by atoms with Crippen LogP contribution in [0.4, 0.5) is 15.8 Å². The molecule has 0 saturated carbocycles. The first kappa shape index (κ1) is 15.1. The van der Waals surface area contributed by atoms with Gasteiger partial charge < -0.3 is 11.1 Å². The van der Waals surface area contributed by atoms with E-state index in [0.29, 0.717) is 17.3 Å². The molecule has 0 fully saturated rings. The van der Waals surface area contributed by atoms with E-state index in [2.05, 4.69) is 19.2 Å². The first-order valence-corrected chi connectivity index (χ1v) is 6.94. The van der Waals surface area contributed by atoms with E-state index >= 15 is 0 Å². The zero-order chi connectivity index (χ0) is 13.5. The predicted octanol–water partition coefficient (Wildman–Crippen LogP) is 4.69. The van der Waals surface area contributed by atoms with E-state index in [1.807, 2.05) is 0 Å². The van der Waals surface area contributed by atoms with Gasteiger partial charge in [0, 0.05) is 12.6 Å². The summed E-state index contributed by atoms with van der Waals surface area (Å²) in [6.07, 6.45) is 4.73. The molecule has 0 radical (unpaired) electrons. The fourth-order valence-corrected chi connectivity index (χ4v) is 2.09. The molecule has 0 saturated heterocycles. The molecule has 0 bridgehead atoms. The zero-order valence-electron chi connectivity index (χ0n) is 11.1.